The third kappa shape index (κ3) is 4.09. The first-order valence-electron chi connectivity index (χ1n) is 11.3. The molecule has 3 aromatic carbocycles. The lowest BCUT2D eigenvalue weighted by Gasteiger charge is -2.21. The zero-order valence-electron chi connectivity index (χ0n) is 19.4. The predicted octanol–water partition coefficient (Wildman–Crippen LogP) is 3.94. The van der Waals surface area contributed by atoms with Crippen molar-refractivity contribution in [3.8, 4) is 11.1 Å². The van der Waals surface area contributed by atoms with E-state index in [1.165, 1.54) is 19.2 Å². The number of imide groups is 1. The molecule has 2 aliphatic rings. The first kappa shape index (κ1) is 23.3. The molecule has 3 amide bonds. The van der Waals surface area contributed by atoms with Crippen LogP contribution in [-0.4, -0.2) is 54.3 Å². The summed E-state index contributed by atoms with van der Waals surface area (Å²) in [6, 6.07) is 22.1. The number of amides is 3. The molecule has 0 saturated heterocycles. The molecule has 0 fully saturated rings. The fourth-order valence-electron chi connectivity index (χ4n) is 4.51. The molecule has 0 radical (unpaired) electrons. The van der Waals surface area contributed by atoms with Crippen molar-refractivity contribution in [1.29, 1.82) is 0 Å². The predicted molar refractivity (Wildman–Crippen MR) is 126 cm³/mol. The minimum Gasteiger partial charge on any atom is -0.447 e. The maximum atomic E-state index is 12.7. The summed E-state index contributed by atoms with van der Waals surface area (Å²) in [5.74, 6) is -2.44. The van der Waals surface area contributed by atoms with E-state index in [-0.39, 0.29) is 36.6 Å². The minimum atomic E-state index is -0.877. The molecule has 5 rings (SSSR count). The molecule has 0 spiro atoms. The van der Waals surface area contributed by atoms with Gasteiger partial charge < -0.3 is 9.57 Å². The quantitative estimate of drug-likeness (QED) is 0.368. The Labute approximate surface area is 206 Å². The van der Waals surface area contributed by atoms with Gasteiger partial charge in [-0.15, -0.1) is 0 Å². The summed E-state index contributed by atoms with van der Waals surface area (Å²) < 4.78 is 5.53. The van der Waals surface area contributed by atoms with E-state index in [0.29, 0.717) is 5.06 Å². The number of fused-ring (bicyclic) bond motifs is 4. The zero-order chi connectivity index (χ0) is 25.2. The lowest BCUT2D eigenvalue weighted by Crippen LogP contribution is -2.36. The first-order valence-corrected chi connectivity index (χ1v) is 11.3. The number of ether oxygens (including phenoxy) is 1. The van der Waals surface area contributed by atoms with Crippen molar-refractivity contribution in [3.63, 3.8) is 0 Å². The Morgan fingerprint density at radius 2 is 1.31 bits per heavy atom. The fourth-order valence-corrected chi connectivity index (χ4v) is 4.51. The zero-order valence-corrected chi connectivity index (χ0v) is 19.4. The van der Waals surface area contributed by atoms with E-state index in [2.05, 4.69) is 0 Å². The van der Waals surface area contributed by atoms with E-state index in [4.69, 9.17) is 14.4 Å². The molecule has 0 aromatic heterocycles. The largest absolute Gasteiger partial charge is 0.447 e. The topological polar surface area (TPSA) is 102 Å². The van der Waals surface area contributed by atoms with Crippen molar-refractivity contribution < 1.29 is 33.6 Å². The normalized spacial score (nSPS) is 13.8. The first-order chi connectivity index (χ1) is 17.5. The van der Waals surface area contributed by atoms with E-state index < -0.39 is 23.9 Å². The summed E-state index contributed by atoms with van der Waals surface area (Å²) in [4.78, 5) is 59.8. The smallest absolute Gasteiger partial charge is 0.433 e. The maximum Gasteiger partial charge on any atom is 0.433 e. The summed E-state index contributed by atoms with van der Waals surface area (Å²) in [7, 11) is 1.27. The Bertz CT molecular complexity index is 1290. The third-order valence-electron chi connectivity index (χ3n) is 6.23. The van der Waals surface area contributed by atoms with E-state index in [0.717, 1.165) is 27.3 Å². The number of hydroxylamine groups is 4. The Balaban J connectivity index is 1.17. The van der Waals surface area contributed by atoms with Crippen LogP contribution in [0.5, 0.6) is 0 Å². The molecule has 0 bridgehead atoms. The van der Waals surface area contributed by atoms with E-state index in [1.54, 1.807) is 12.1 Å². The van der Waals surface area contributed by atoms with Gasteiger partial charge in [-0.2, -0.15) is 5.06 Å². The molecule has 0 unspecified atom stereocenters. The average molecular weight is 486 g/mol. The Morgan fingerprint density at radius 3 is 1.83 bits per heavy atom. The number of rotatable bonds is 7. The van der Waals surface area contributed by atoms with Crippen LogP contribution in [0.4, 0.5) is 4.79 Å². The van der Waals surface area contributed by atoms with Crippen LogP contribution in [0.25, 0.3) is 11.1 Å². The van der Waals surface area contributed by atoms with Crippen LogP contribution >= 0.6 is 0 Å². The number of hydrogen-bond acceptors (Lipinski definition) is 7. The van der Waals surface area contributed by atoms with E-state index in [9.17, 15) is 19.2 Å². The van der Waals surface area contributed by atoms with Gasteiger partial charge in [-0.3, -0.25) is 14.4 Å². The standard InChI is InChI=1S/C27H22N2O7/c1-34-28(15-14-24(30)36-29-25(31)21-12-6-7-13-22(21)26(29)32)27(33)35-16-23-19-10-4-2-8-17(19)18-9-3-5-11-20(18)23/h2-13,23H,14-16H2,1H3. The summed E-state index contributed by atoms with van der Waals surface area (Å²) in [5, 5.41) is 1.31. The van der Waals surface area contributed by atoms with Crippen LogP contribution in [0.15, 0.2) is 72.8 Å². The average Bonchev–Trinajstić information content (AvgIpc) is 3.35. The molecule has 9 nitrogen and oxygen atoms in total. The lowest BCUT2D eigenvalue weighted by molar-refractivity contribution is -0.172. The molecule has 0 atom stereocenters. The molecule has 36 heavy (non-hydrogen) atoms. The van der Waals surface area contributed by atoms with Gasteiger partial charge in [0, 0.05) is 5.92 Å². The van der Waals surface area contributed by atoms with Gasteiger partial charge in [-0.25, -0.2) is 9.59 Å². The Kier molecular flexibility index (Phi) is 6.22. The van der Waals surface area contributed by atoms with Gasteiger partial charge in [0.25, 0.3) is 11.8 Å². The molecule has 0 N–H and O–H groups in total. The molecule has 3 aromatic rings. The molecule has 182 valence electrons. The highest BCUT2D eigenvalue weighted by atomic mass is 16.7. The second kappa shape index (κ2) is 9.63. The van der Waals surface area contributed by atoms with Gasteiger partial charge >= 0.3 is 12.1 Å². The van der Waals surface area contributed by atoms with Crippen LogP contribution in [0.3, 0.4) is 0 Å². The molecule has 1 aliphatic carbocycles. The van der Waals surface area contributed by atoms with Crippen molar-refractivity contribution in [1.82, 2.24) is 10.1 Å². The number of nitrogens with zero attached hydrogens (tertiary/aromatic N) is 2. The minimum absolute atomic E-state index is 0.0895. The second-order valence-electron chi connectivity index (χ2n) is 8.25. The van der Waals surface area contributed by atoms with Crippen molar-refractivity contribution in [2.75, 3.05) is 20.3 Å². The number of carbonyl (C=O) groups excluding carboxylic acids is 4. The van der Waals surface area contributed by atoms with Gasteiger partial charge in [-0.05, 0) is 34.4 Å². The highest BCUT2D eigenvalue weighted by Gasteiger charge is 2.38. The Hall–Kier alpha value is -4.50. The maximum absolute atomic E-state index is 12.7. The van der Waals surface area contributed by atoms with Crippen LogP contribution in [0.1, 0.15) is 44.2 Å². The number of carbonyl (C=O) groups is 4. The highest BCUT2D eigenvalue weighted by Crippen LogP contribution is 2.44. The van der Waals surface area contributed by atoms with Gasteiger partial charge in [0.15, 0.2) is 0 Å². The Morgan fingerprint density at radius 1 is 0.806 bits per heavy atom. The van der Waals surface area contributed by atoms with E-state index >= 15 is 0 Å². The monoisotopic (exact) mass is 486 g/mol. The second-order valence-corrected chi connectivity index (χ2v) is 8.25. The molecule has 9 heteroatoms. The van der Waals surface area contributed by atoms with Gasteiger partial charge in [-0.1, -0.05) is 65.7 Å². The summed E-state index contributed by atoms with van der Waals surface area (Å²) in [6.45, 7) is -0.110. The summed E-state index contributed by atoms with van der Waals surface area (Å²) >= 11 is 0. The van der Waals surface area contributed by atoms with Crippen molar-refractivity contribution in [2.24, 2.45) is 0 Å². The van der Waals surface area contributed by atoms with Crippen LogP contribution in [-0.2, 0) is 19.2 Å². The van der Waals surface area contributed by atoms with Gasteiger partial charge in [0.2, 0.25) is 0 Å². The van der Waals surface area contributed by atoms with Crippen LogP contribution < -0.4 is 0 Å². The molecular formula is C27H22N2O7. The lowest BCUT2D eigenvalue weighted by atomic mass is 9.98. The molecule has 1 heterocycles. The summed E-state index contributed by atoms with van der Waals surface area (Å²) in [6.07, 6.45) is -1.10. The van der Waals surface area contributed by atoms with Crippen molar-refractivity contribution in [3.05, 3.63) is 95.1 Å². The molecule has 0 saturated carbocycles. The van der Waals surface area contributed by atoms with Crippen LogP contribution in [0.2, 0.25) is 0 Å². The van der Waals surface area contributed by atoms with Gasteiger partial charge in [0.1, 0.15) is 6.61 Å². The molecular weight excluding hydrogens is 464 g/mol. The summed E-state index contributed by atoms with van der Waals surface area (Å²) in [5.41, 5.74) is 4.67. The van der Waals surface area contributed by atoms with E-state index in [1.807, 2.05) is 48.5 Å². The third-order valence-corrected chi connectivity index (χ3v) is 6.23. The van der Waals surface area contributed by atoms with Gasteiger partial charge in [0.05, 0.1) is 31.2 Å². The fraction of sp³-hybridized carbons (Fsp3) is 0.185. The van der Waals surface area contributed by atoms with Crippen molar-refractivity contribution >= 4 is 23.9 Å². The number of hydrogen-bond donors (Lipinski definition) is 0. The van der Waals surface area contributed by atoms with Crippen molar-refractivity contribution in [2.45, 2.75) is 12.3 Å². The highest BCUT2D eigenvalue weighted by molar-refractivity contribution is 6.20. The molecule has 1 aliphatic heterocycles. The SMILES string of the molecule is CON(CCC(=O)ON1C(=O)c2ccccc2C1=O)C(=O)OCC1c2ccccc2-c2ccccc21. The number of benzene rings is 3. The van der Waals surface area contributed by atoms with Crippen LogP contribution in [0, 0.1) is 0 Å².